The maximum Gasteiger partial charge on any atom is 0.380 e. The molecule has 0 aliphatic carbocycles. The summed E-state index contributed by atoms with van der Waals surface area (Å²) in [5.41, 5.74) is 2.19. The number of piperazine rings is 1. The summed E-state index contributed by atoms with van der Waals surface area (Å²) in [7, 11) is -1.20. The molecule has 2 aliphatic rings. The number of urea groups is 1. The van der Waals surface area contributed by atoms with E-state index in [-0.39, 0.29) is 56.7 Å². The lowest BCUT2D eigenvalue weighted by atomic mass is 9.98. The molecule has 15 heteroatoms. The highest BCUT2D eigenvalue weighted by Gasteiger charge is 2.51. The van der Waals surface area contributed by atoms with Gasteiger partial charge in [-0.05, 0) is 29.3 Å². The molecule has 254 valence electrons. The number of ether oxygens (including phenoxy) is 2. The molecule has 3 aromatic rings. The highest BCUT2D eigenvalue weighted by molar-refractivity contribution is 7.84. The first-order valence-corrected chi connectivity index (χ1v) is 16.6. The number of hydrogen-bond acceptors (Lipinski definition) is 9. The van der Waals surface area contributed by atoms with Crippen LogP contribution in [0.25, 0.3) is 0 Å². The zero-order valence-electron chi connectivity index (χ0n) is 26.7. The van der Waals surface area contributed by atoms with Crippen LogP contribution in [0.15, 0.2) is 85.5 Å². The van der Waals surface area contributed by atoms with E-state index < -0.39 is 28.5 Å². The highest BCUT2D eigenvalue weighted by atomic mass is 32.2. The Balaban J connectivity index is 1.52. The van der Waals surface area contributed by atoms with Crippen molar-refractivity contribution in [1.82, 2.24) is 25.1 Å². The van der Waals surface area contributed by atoms with Crippen LogP contribution in [0.1, 0.15) is 16.7 Å². The summed E-state index contributed by atoms with van der Waals surface area (Å²) in [4.78, 5) is 45.2. The summed E-state index contributed by atoms with van der Waals surface area (Å²) < 4.78 is 38.6. The van der Waals surface area contributed by atoms with Crippen LogP contribution in [0.2, 0.25) is 0 Å². The fourth-order valence-corrected chi connectivity index (χ4v) is 6.40. The lowest BCUT2D eigenvalue weighted by Gasteiger charge is -2.55. The predicted octanol–water partition coefficient (Wildman–Crippen LogP) is 2.02. The topological polar surface area (TPSA) is 164 Å². The molecule has 0 bridgehead atoms. The first kappa shape index (κ1) is 34.2. The number of hydrogen-bond donors (Lipinski definition) is 2. The molecule has 0 aromatic heterocycles. The normalized spacial score (nSPS) is 18.3. The molecule has 0 spiro atoms. The van der Waals surface area contributed by atoms with Crippen molar-refractivity contribution in [2.75, 3.05) is 33.9 Å². The Labute approximate surface area is 279 Å². The van der Waals surface area contributed by atoms with Gasteiger partial charge in [0.05, 0.1) is 27.3 Å². The van der Waals surface area contributed by atoms with Crippen LogP contribution in [0.3, 0.4) is 0 Å². The zero-order chi connectivity index (χ0) is 34.4. The summed E-state index contributed by atoms with van der Waals surface area (Å²) in [6, 6.07) is 19.4. The van der Waals surface area contributed by atoms with Crippen LogP contribution in [0.4, 0.5) is 4.79 Å². The smallest absolute Gasteiger partial charge is 0.380 e. The number of nitrogens with zero attached hydrogens (tertiary/aromatic N) is 4. The van der Waals surface area contributed by atoms with E-state index in [4.69, 9.17) is 18.8 Å². The lowest BCUT2D eigenvalue weighted by Crippen LogP contribution is -2.76. The highest BCUT2D eigenvalue weighted by Crippen LogP contribution is 2.34. The number of para-hydroxylation sites is 1. The fraction of sp³-hybridized carbons (Fsp3) is 0.303. The van der Waals surface area contributed by atoms with Crippen LogP contribution in [0.5, 0.6) is 17.2 Å². The quantitative estimate of drug-likeness (QED) is 0.273. The van der Waals surface area contributed by atoms with Gasteiger partial charge >= 0.3 is 16.3 Å². The van der Waals surface area contributed by atoms with Crippen molar-refractivity contribution in [3.8, 4) is 17.2 Å². The fourth-order valence-electron chi connectivity index (χ4n) is 6.02. The van der Waals surface area contributed by atoms with Gasteiger partial charge < -0.3 is 28.8 Å². The zero-order valence-corrected chi connectivity index (χ0v) is 27.5. The van der Waals surface area contributed by atoms with Crippen molar-refractivity contribution in [3.05, 3.63) is 102 Å². The number of nitrogens with one attached hydrogen (secondary N) is 1. The van der Waals surface area contributed by atoms with Crippen LogP contribution in [-0.2, 0) is 39.4 Å². The predicted molar refractivity (Wildman–Crippen MR) is 176 cm³/mol. The van der Waals surface area contributed by atoms with Crippen LogP contribution >= 0.6 is 0 Å². The number of hydrazine groups is 1. The molecule has 48 heavy (non-hydrogen) atoms. The van der Waals surface area contributed by atoms with E-state index in [2.05, 4.69) is 11.9 Å². The lowest BCUT2D eigenvalue weighted by molar-refractivity contribution is -0.189. The van der Waals surface area contributed by atoms with Gasteiger partial charge in [0, 0.05) is 31.6 Å². The first-order valence-electron chi connectivity index (χ1n) is 15.1. The molecule has 4 amide bonds. The average Bonchev–Trinajstić information content (AvgIpc) is 3.06. The maximum absolute atomic E-state index is 14.3. The molecule has 0 radical (unpaired) electrons. The van der Waals surface area contributed by atoms with Gasteiger partial charge in [0.15, 0.2) is 11.5 Å². The molecule has 2 fully saturated rings. The minimum atomic E-state index is -4.23. The SMILES string of the molecule is C=CCN1CC(=O)N2[C@@H](Cc3ccc(OS(N)(=O)=O)cc3)C(=O)N(Cc3cccc(OC)c3OC)C[C@@H]2N1C(=O)NCc1ccccc1. The molecule has 0 unspecified atom stereocenters. The largest absolute Gasteiger partial charge is 0.493 e. The molecule has 5 rings (SSSR count). The Kier molecular flexibility index (Phi) is 10.5. The van der Waals surface area contributed by atoms with E-state index in [1.54, 1.807) is 40.3 Å². The average molecular weight is 679 g/mol. The maximum atomic E-state index is 14.3. The third kappa shape index (κ3) is 7.70. The number of benzene rings is 3. The summed E-state index contributed by atoms with van der Waals surface area (Å²) in [5, 5.41) is 11.1. The minimum Gasteiger partial charge on any atom is -0.493 e. The third-order valence-corrected chi connectivity index (χ3v) is 8.50. The van der Waals surface area contributed by atoms with Crippen LogP contribution < -0.4 is 24.1 Å². The monoisotopic (exact) mass is 678 g/mol. The molecule has 2 heterocycles. The number of nitrogens with two attached hydrogens (primary N) is 1. The van der Waals surface area contributed by atoms with Crippen molar-refractivity contribution < 1.29 is 36.5 Å². The van der Waals surface area contributed by atoms with Crippen molar-refractivity contribution >= 4 is 28.1 Å². The van der Waals surface area contributed by atoms with Gasteiger partial charge in [0.2, 0.25) is 11.8 Å². The van der Waals surface area contributed by atoms with Crippen LogP contribution in [0, 0.1) is 0 Å². The molecule has 14 nitrogen and oxygen atoms in total. The standard InChI is InChI=1S/C33H38N6O8S/c1-4-17-37-22-30(40)38-27(18-23-13-15-26(16-14-23)47-48(34,43)44)32(41)36(20-25-11-8-12-28(45-2)31(25)46-3)21-29(38)39(37)33(42)35-19-24-9-6-5-7-10-24/h4-16,27,29H,1,17-22H2,2-3H3,(H,35,42)(H2,34,43,44)/t27-,29-/m0/s1. The van der Waals surface area contributed by atoms with E-state index in [0.717, 1.165) is 5.56 Å². The second-order valence-corrected chi connectivity index (χ2v) is 12.4. The summed E-state index contributed by atoms with van der Waals surface area (Å²) in [6.45, 7) is 4.24. The summed E-state index contributed by atoms with van der Waals surface area (Å²) in [5.74, 6) is 0.279. The molecular weight excluding hydrogens is 640 g/mol. The van der Waals surface area contributed by atoms with Gasteiger partial charge in [-0.3, -0.25) is 9.59 Å². The summed E-state index contributed by atoms with van der Waals surface area (Å²) in [6.07, 6.45) is 0.811. The molecule has 3 N–H and O–H groups in total. The van der Waals surface area contributed by atoms with Crippen molar-refractivity contribution in [2.45, 2.75) is 31.7 Å². The number of rotatable bonds is 12. The number of carbonyl (C=O) groups is 3. The summed E-state index contributed by atoms with van der Waals surface area (Å²) >= 11 is 0. The van der Waals surface area contributed by atoms with Crippen molar-refractivity contribution in [2.24, 2.45) is 5.14 Å². The van der Waals surface area contributed by atoms with Gasteiger partial charge in [-0.15, -0.1) is 6.58 Å². The molecule has 2 atom stereocenters. The Bertz CT molecular complexity index is 1760. The third-order valence-electron chi connectivity index (χ3n) is 8.08. The second kappa shape index (κ2) is 14.8. The minimum absolute atomic E-state index is 0.00350. The Hall–Kier alpha value is -5.12. The van der Waals surface area contributed by atoms with E-state index in [9.17, 15) is 22.8 Å². The van der Waals surface area contributed by atoms with Crippen LogP contribution in [-0.4, -0.2) is 92.1 Å². The number of fused-ring (bicyclic) bond motifs is 1. The van der Waals surface area contributed by atoms with Gasteiger partial charge in [-0.1, -0.05) is 60.7 Å². The Morgan fingerprint density at radius 1 is 1.00 bits per heavy atom. The number of carbonyl (C=O) groups excluding carboxylic acids is 3. The van der Waals surface area contributed by atoms with E-state index in [0.29, 0.717) is 22.6 Å². The van der Waals surface area contributed by atoms with Gasteiger partial charge in [-0.2, -0.15) is 13.6 Å². The molecule has 0 saturated carbocycles. The van der Waals surface area contributed by atoms with Gasteiger partial charge in [0.25, 0.3) is 0 Å². The molecule has 3 aromatic carbocycles. The van der Waals surface area contributed by atoms with Gasteiger partial charge in [-0.25, -0.2) is 14.8 Å². The van der Waals surface area contributed by atoms with E-state index in [1.165, 1.54) is 36.3 Å². The number of methoxy groups -OCH3 is 2. The molecule has 2 saturated heterocycles. The van der Waals surface area contributed by atoms with E-state index in [1.807, 2.05) is 36.4 Å². The second-order valence-electron chi connectivity index (χ2n) is 11.2. The van der Waals surface area contributed by atoms with Crippen molar-refractivity contribution in [1.29, 1.82) is 0 Å². The van der Waals surface area contributed by atoms with Crippen molar-refractivity contribution in [3.63, 3.8) is 0 Å². The Morgan fingerprint density at radius 3 is 2.38 bits per heavy atom. The molecular formula is C33H38N6O8S. The Morgan fingerprint density at radius 2 is 1.73 bits per heavy atom. The van der Waals surface area contributed by atoms with E-state index >= 15 is 0 Å². The number of amides is 4. The molecule has 2 aliphatic heterocycles. The first-order chi connectivity index (χ1) is 23.0. The van der Waals surface area contributed by atoms with Gasteiger partial charge in [0.1, 0.15) is 18.0 Å².